The number of anilines is 1. The lowest BCUT2D eigenvalue weighted by atomic mass is 10.2. The number of nitrogens with zero attached hydrogens (tertiary/aromatic N) is 3. The van der Waals surface area contributed by atoms with Gasteiger partial charge in [0.05, 0.1) is 11.4 Å². The monoisotopic (exact) mass is 268 g/mol. The molecule has 1 aromatic heterocycles. The molecule has 2 amide bonds. The SMILES string of the molecule is Cc1nn(C)cc1NC(=O)N(CC(=O)O)CC(C)C. The molecule has 0 saturated carbocycles. The summed E-state index contributed by atoms with van der Waals surface area (Å²) in [7, 11) is 1.76. The first-order valence-electron chi connectivity index (χ1n) is 6.07. The lowest BCUT2D eigenvalue weighted by molar-refractivity contribution is -0.137. The first-order chi connectivity index (χ1) is 8.79. The molecule has 19 heavy (non-hydrogen) atoms. The zero-order chi connectivity index (χ0) is 14.6. The fourth-order valence-corrected chi connectivity index (χ4v) is 1.74. The van der Waals surface area contributed by atoms with Gasteiger partial charge in [0.1, 0.15) is 6.54 Å². The number of aryl methyl sites for hydroxylation is 2. The van der Waals surface area contributed by atoms with Crippen LogP contribution in [0.1, 0.15) is 19.5 Å². The molecule has 0 aliphatic carbocycles. The van der Waals surface area contributed by atoms with Crippen LogP contribution >= 0.6 is 0 Å². The summed E-state index contributed by atoms with van der Waals surface area (Å²) in [4.78, 5) is 24.1. The van der Waals surface area contributed by atoms with Gasteiger partial charge in [0.2, 0.25) is 0 Å². The summed E-state index contributed by atoms with van der Waals surface area (Å²) in [6.07, 6.45) is 1.68. The maximum Gasteiger partial charge on any atom is 0.323 e. The third-order valence-electron chi connectivity index (χ3n) is 2.45. The first-order valence-corrected chi connectivity index (χ1v) is 6.07. The number of carbonyl (C=O) groups excluding carboxylic acids is 1. The minimum Gasteiger partial charge on any atom is -0.480 e. The van der Waals surface area contributed by atoms with Crippen molar-refractivity contribution in [3.8, 4) is 0 Å². The molecule has 0 atom stereocenters. The predicted octanol–water partition coefficient (Wildman–Crippen LogP) is 1.30. The Bertz CT molecular complexity index is 468. The summed E-state index contributed by atoms with van der Waals surface area (Å²) < 4.78 is 1.59. The number of aliphatic carboxylic acids is 1. The fourth-order valence-electron chi connectivity index (χ4n) is 1.74. The third kappa shape index (κ3) is 4.61. The number of carbonyl (C=O) groups is 2. The van der Waals surface area contributed by atoms with Crippen molar-refractivity contribution in [1.29, 1.82) is 0 Å². The van der Waals surface area contributed by atoms with Crippen LogP contribution in [0.5, 0.6) is 0 Å². The molecular formula is C12H20N4O3. The van der Waals surface area contributed by atoms with Gasteiger partial charge in [-0.2, -0.15) is 5.10 Å². The van der Waals surface area contributed by atoms with Gasteiger partial charge in [-0.15, -0.1) is 0 Å². The Balaban J connectivity index is 2.76. The molecule has 0 saturated heterocycles. The molecule has 0 aromatic carbocycles. The zero-order valence-electron chi connectivity index (χ0n) is 11.7. The van der Waals surface area contributed by atoms with Gasteiger partial charge < -0.3 is 15.3 Å². The summed E-state index contributed by atoms with van der Waals surface area (Å²) in [6, 6.07) is -0.424. The number of carboxylic acid groups (broad SMARTS) is 1. The van der Waals surface area contributed by atoms with Gasteiger partial charge in [0.25, 0.3) is 0 Å². The van der Waals surface area contributed by atoms with E-state index in [1.165, 1.54) is 4.90 Å². The first kappa shape index (κ1) is 15.0. The van der Waals surface area contributed by atoms with Crippen LogP contribution in [0.15, 0.2) is 6.20 Å². The molecule has 0 radical (unpaired) electrons. The van der Waals surface area contributed by atoms with Crippen molar-refractivity contribution in [1.82, 2.24) is 14.7 Å². The molecule has 2 N–H and O–H groups in total. The van der Waals surface area contributed by atoms with Gasteiger partial charge in [-0.05, 0) is 12.8 Å². The fraction of sp³-hybridized carbons (Fsp3) is 0.583. The predicted molar refractivity (Wildman–Crippen MR) is 71.0 cm³/mol. The van der Waals surface area contributed by atoms with E-state index in [0.29, 0.717) is 17.9 Å². The van der Waals surface area contributed by atoms with E-state index in [2.05, 4.69) is 10.4 Å². The van der Waals surface area contributed by atoms with Crippen LogP contribution < -0.4 is 5.32 Å². The molecule has 1 heterocycles. The summed E-state index contributed by atoms with van der Waals surface area (Å²) in [5, 5.41) is 15.6. The van der Waals surface area contributed by atoms with E-state index in [9.17, 15) is 9.59 Å². The average Bonchev–Trinajstić information content (AvgIpc) is 2.55. The van der Waals surface area contributed by atoms with Crippen molar-refractivity contribution in [3.63, 3.8) is 0 Å². The maximum absolute atomic E-state index is 12.1. The molecule has 0 fully saturated rings. The Morgan fingerprint density at radius 2 is 2.16 bits per heavy atom. The highest BCUT2D eigenvalue weighted by atomic mass is 16.4. The van der Waals surface area contributed by atoms with Crippen LogP contribution in [-0.4, -0.2) is 44.9 Å². The normalized spacial score (nSPS) is 10.6. The minimum atomic E-state index is -1.03. The van der Waals surface area contributed by atoms with E-state index >= 15 is 0 Å². The number of hydrogen-bond donors (Lipinski definition) is 2. The van der Waals surface area contributed by atoms with Crippen LogP contribution in [0.3, 0.4) is 0 Å². The van der Waals surface area contributed by atoms with Crippen LogP contribution in [0, 0.1) is 12.8 Å². The van der Waals surface area contributed by atoms with Gasteiger partial charge in [0.15, 0.2) is 0 Å². The van der Waals surface area contributed by atoms with Crippen LogP contribution in [0.4, 0.5) is 10.5 Å². The molecule has 0 bridgehead atoms. The molecule has 0 unspecified atom stereocenters. The molecule has 1 rings (SSSR count). The van der Waals surface area contributed by atoms with Gasteiger partial charge in [0, 0.05) is 19.8 Å². The van der Waals surface area contributed by atoms with Crippen molar-refractivity contribution < 1.29 is 14.7 Å². The molecule has 0 aliphatic rings. The van der Waals surface area contributed by atoms with Crippen LogP contribution in [0.2, 0.25) is 0 Å². The second-order valence-electron chi connectivity index (χ2n) is 4.90. The van der Waals surface area contributed by atoms with Gasteiger partial charge >= 0.3 is 12.0 Å². The molecule has 7 nitrogen and oxygen atoms in total. The Morgan fingerprint density at radius 1 is 1.53 bits per heavy atom. The van der Waals surface area contributed by atoms with Gasteiger partial charge in [-0.25, -0.2) is 4.79 Å². The minimum absolute atomic E-state index is 0.195. The van der Waals surface area contributed by atoms with Crippen molar-refractivity contribution >= 4 is 17.7 Å². The number of hydrogen-bond acceptors (Lipinski definition) is 3. The molecule has 106 valence electrons. The lowest BCUT2D eigenvalue weighted by Gasteiger charge is -2.22. The highest BCUT2D eigenvalue weighted by Crippen LogP contribution is 2.12. The molecule has 7 heteroatoms. The van der Waals surface area contributed by atoms with E-state index in [-0.39, 0.29) is 12.5 Å². The lowest BCUT2D eigenvalue weighted by Crippen LogP contribution is -2.41. The number of amides is 2. The Hall–Kier alpha value is -2.05. The number of urea groups is 1. The van der Waals surface area contributed by atoms with E-state index < -0.39 is 12.0 Å². The maximum atomic E-state index is 12.1. The summed E-state index contributed by atoms with van der Waals surface area (Å²) in [5.41, 5.74) is 1.28. The number of carboxylic acids is 1. The molecule has 0 aliphatic heterocycles. The highest BCUT2D eigenvalue weighted by Gasteiger charge is 2.19. The Kier molecular flexibility index (Phi) is 4.91. The second-order valence-corrected chi connectivity index (χ2v) is 4.90. The Morgan fingerprint density at radius 3 is 2.58 bits per heavy atom. The molecular weight excluding hydrogens is 248 g/mol. The quantitative estimate of drug-likeness (QED) is 0.842. The summed E-state index contributed by atoms with van der Waals surface area (Å²) in [6.45, 7) is 5.70. The smallest absolute Gasteiger partial charge is 0.323 e. The molecule has 0 spiro atoms. The van der Waals surface area contributed by atoms with E-state index in [4.69, 9.17) is 5.11 Å². The van der Waals surface area contributed by atoms with Gasteiger partial charge in [-0.1, -0.05) is 13.8 Å². The van der Waals surface area contributed by atoms with Crippen molar-refractivity contribution in [2.24, 2.45) is 13.0 Å². The standard InChI is InChI=1S/C12H20N4O3/c1-8(2)5-16(7-11(17)18)12(19)13-10-6-15(4)14-9(10)3/h6,8H,5,7H2,1-4H3,(H,13,19)(H,17,18). The third-order valence-corrected chi connectivity index (χ3v) is 2.45. The summed E-state index contributed by atoms with van der Waals surface area (Å²) in [5.74, 6) is -0.834. The van der Waals surface area contributed by atoms with Crippen molar-refractivity contribution in [2.45, 2.75) is 20.8 Å². The van der Waals surface area contributed by atoms with Crippen LogP contribution in [0.25, 0.3) is 0 Å². The topological polar surface area (TPSA) is 87.5 Å². The van der Waals surface area contributed by atoms with Crippen molar-refractivity contribution in [3.05, 3.63) is 11.9 Å². The van der Waals surface area contributed by atoms with Crippen LogP contribution in [-0.2, 0) is 11.8 Å². The Labute approximate surface area is 112 Å². The second kappa shape index (κ2) is 6.21. The van der Waals surface area contributed by atoms with E-state index in [1.54, 1.807) is 24.9 Å². The van der Waals surface area contributed by atoms with Gasteiger partial charge in [-0.3, -0.25) is 9.48 Å². The largest absolute Gasteiger partial charge is 0.480 e. The number of aromatic nitrogens is 2. The van der Waals surface area contributed by atoms with E-state index in [0.717, 1.165) is 0 Å². The van der Waals surface area contributed by atoms with Crippen molar-refractivity contribution in [2.75, 3.05) is 18.4 Å². The highest BCUT2D eigenvalue weighted by molar-refractivity contribution is 5.91. The average molecular weight is 268 g/mol. The summed E-state index contributed by atoms with van der Waals surface area (Å²) >= 11 is 0. The number of rotatable bonds is 5. The van der Waals surface area contributed by atoms with E-state index in [1.807, 2.05) is 13.8 Å². The number of nitrogens with one attached hydrogen (secondary N) is 1. The molecule has 1 aromatic rings. The zero-order valence-corrected chi connectivity index (χ0v) is 11.7.